The second-order valence-corrected chi connectivity index (χ2v) is 7.13. The molecule has 1 fully saturated rings. The Bertz CT molecular complexity index is 660. The summed E-state index contributed by atoms with van der Waals surface area (Å²) in [7, 11) is 1.59. The SMILES string of the molecule is CCCOc1ccc(NC(=O)[C@]2(OC)CCC[C@@H](C)C2)cc1C(=O)OCC. The molecule has 1 aliphatic carbocycles. The minimum absolute atomic E-state index is 0.173. The van der Waals surface area contributed by atoms with E-state index >= 15 is 0 Å². The fraction of sp³-hybridized carbons (Fsp3) is 0.619. The van der Waals surface area contributed by atoms with Gasteiger partial charge in [0.05, 0.1) is 13.2 Å². The number of hydrogen-bond donors (Lipinski definition) is 1. The van der Waals surface area contributed by atoms with Crippen molar-refractivity contribution in [1.29, 1.82) is 0 Å². The molecule has 0 heterocycles. The first-order valence-electron chi connectivity index (χ1n) is 9.76. The summed E-state index contributed by atoms with van der Waals surface area (Å²) in [4.78, 5) is 25.2. The average molecular weight is 377 g/mol. The number of hydrogen-bond acceptors (Lipinski definition) is 5. The fourth-order valence-electron chi connectivity index (χ4n) is 3.55. The standard InChI is InChI=1S/C21H31NO5/c1-5-12-27-18-10-9-16(13-17(18)19(23)26-6-2)22-20(24)21(25-4)11-7-8-15(3)14-21/h9-10,13,15H,5-8,11-12,14H2,1-4H3,(H,22,24)/t15-,21+/m1/s1. The summed E-state index contributed by atoms with van der Waals surface area (Å²) in [6.07, 6.45) is 4.28. The van der Waals surface area contributed by atoms with Gasteiger partial charge in [0.25, 0.3) is 5.91 Å². The van der Waals surface area contributed by atoms with Gasteiger partial charge in [0, 0.05) is 12.8 Å². The molecule has 1 N–H and O–H groups in total. The van der Waals surface area contributed by atoms with Crippen LogP contribution in [-0.4, -0.2) is 37.8 Å². The molecule has 1 aromatic rings. The average Bonchev–Trinajstić information content (AvgIpc) is 2.66. The maximum Gasteiger partial charge on any atom is 0.341 e. The third-order valence-corrected chi connectivity index (χ3v) is 4.95. The molecule has 6 heteroatoms. The number of rotatable bonds is 8. The quantitative estimate of drug-likeness (QED) is 0.688. The highest BCUT2D eigenvalue weighted by atomic mass is 16.5. The molecule has 1 aromatic carbocycles. The van der Waals surface area contributed by atoms with Crippen LogP contribution in [0.3, 0.4) is 0 Å². The number of amides is 1. The van der Waals surface area contributed by atoms with Crippen LogP contribution in [0.1, 0.15) is 63.2 Å². The van der Waals surface area contributed by atoms with Crippen LogP contribution in [-0.2, 0) is 14.3 Å². The van der Waals surface area contributed by atoms with E-state index in [1.165, 1.54) is 0 Å². The molecule has 0 aliphatic heterocycles. The summed E-state index contributed by atoms with van der Waals surface area (Å²) < 4.78 is 16.4. The van der Waals surface area contributed by atoms with Crippen LogP contribution in [0.15, 0.2) is 18.2 Å². The van der Waals surface area contributed by atoms with Gasteiger partial charge < -0.3 is 19.5 Å². The fourth-order valence-corrected chi connectivity index (χ4v) is 3.55. The molecular weight excluding hydrogens is 346 g/mol. The molecular formula is C21H31NO5. The van der Waals surface area contributed by atoms with Crippen molar-refractivity contribution in [2.45, 2.75) is 58.5 Å². The number of carbonyl (C=O) groups excluding carboxylic acids is 2. The van der Waals surface area contributed by atoms with Gasteiger partial charge in [0.15, 0.2) is 0 Å². The number of anilines is 1. The number of benzene rings is 1. The molecule has 27 heavy (non-hydrogen) atoms. The number of carbonyl (C=O) groups is 2. The molecule has 0 aromatic heterocycles. The van der Waals surface area contributed by atoms with E-state index in [4.69, 9.17) is 14.2 Å². The van der Waals surface area contributed by atoms with Crippen molar-refractivity contribution in [2.75, 3.05) is 25.6 Å². The van der Waals surface area contributed by atoms with Crippen LogP contribution in [0.5, 0.6) is 5.75 Å². The molecule has 0 radical (unpaired) electrons. The highest BCUT2D eigenvalue weighted by Gasteiger charge is 2.42. The number of ether oxygens (including phenoxy) is 3. The molecule has 1 saturated carbocycles. The number of methoxy groups -OCH3 is 1. The van der Waals surface area contributed by atoms with E-state index in [0.717, 1.165) is 19.3 Å². The highest BCUT2D eigenvalue weighted by Crippen LogP contribution is 2.36. The molecule has 6 nitrogen and oxygen atoms in total. The monoisotopic (exact) mass is 377 g/mol. The van der Waals surface area contributed by atoms with Crippen LogP contribution >= 0.6 is 0 Å². The van der Waals surface area contributed by atoms with Crippen molar-refractivity contribution in [3.05, 3.63) is 23.8 Å². The van der Waals surface area contributed by atoms with Crippen molar-refractivity contribution in [1.82, 2.24) is 0 Å². The Kier molecular flexibility index (Phi) is 7.66. The molecule has 2 rings (SSSR count). The van der Waals surface area contributed by atoms with Crippen LogP contribution in [0.2, 0.25) is 0 Å². The number of esters is 1. The Morgan fingerprint density at radius 1 is 1.30 bits per heavy atom. The van der Waals surface area contributed by atoms with Crippen molar-refractivity contribution < 1.29 is 23.8 Å². The van der Waals surface area contributed by atoms with Gasteiger partial charge in [-0.2, -0.15) is 0 Å². The summed E-state index contributed by atoms with van der Waals surface area (Å²) in [6.45, 7) is 6.66. The molecule has 0 spiro atoms. The zero-order valence-electron chi connectivity index (χ0n) is 16.8. The Balaban J connectivity index is 2.23. The molecule has 2 atom stereocenters. The second kappa shape index (κ2) is 9.74. The van der Waals surface area contributed by atoms with E-state index in [9.17, 15) is 9.59 Å². The van der Waals surface area contributed by atoms with Gasteiger partial charge in [0.1, 0.15) is 16.9 Å². The lowest BCUT2D eigenvalue weighted by atomic mass is 9.78. The first-order valence-corrected chi connectivity index (χ1v) is 9.76. The normalized spacial score (nSPS) is 22.1. The molecule has 0 unspecified atom stereocenters. The zero-order valence-corrected chi connectivity index (χ0v) is 16.8. The van der Waals surface area contributed by atoms with Gasteiger partial charge in [-0.1, -0.05) is 20.3 Å². The maximum atomic E-state index is 12.9. The van der Waals surface area contributed by atoms with Gasteiger partial charge in [-0.15, -0.1) is 0 Å². The predicted octanol–water partition coefficient (Wildman–Crippen LogP) is 4.19. The van der Waals surface area contributed by atoms with E-state index in [2.05, 4.69) is 12.2 Å². The van der Waals surface area contributed by atoms with Crippen molar-refractivity contribution in [3.63, 3.8) is 0 Å². The molecule has 0 bridgehead atoms. The minimum Gasteiger partial charge on any atom is -0.493 e. The molecule has 150 valence electrons. The van der Waals surface area contributed by atoms with Crippen LogP contribution in [0.25, 0.3) is 0 Å². The smallest absolute Gasteiger partial charge is 0.341 e. The zero-order chi connectivity index (χ0) is 19.9. The lowest BCUT2D eigenvalue weighted by molar-refractivity contribution is -0.143. The third-order valence-electron chi connectivity index (χ3n) is 4.95. The summed E-state index contributed by atoms with van der Waals surface area (Å²) >= 11 is 0. The van der Waals surface area contributed by atoms with Crippen molar-refractivity contribution in [3.8, 4) is 5.75 Å². The summed E-state index contributed by atoms with van der Waals surface area (Å²) in [5.41, 5.74) is 0.0206. The topological polar surface area (TPSA) is 73.9 Å². The molecule has 1 aliphatic rings. The van der Waals surface area contributed by atoms with Crippen LogP contribution in [0, 0.1) is 5.92 Å². The maximum absolute atomic E-state index is 12.9. The van der Waals surface area contributed by atoms with E-state index in [-0.39, 0.29) is 12.5 Å². The lowest BCUT2D eigenvalue weighted by Gasteiger charge is -2.37. The predicted molar refractivity (Wildman–Crippen MR) is 104 cm³/mol. The largest absolute Gasteiger partial charge is 0.493 e. The molecule has 1 amide bonds. The van der Waals surface area contributed by atoms with Gasteiger partial charge >= 0.3 is 5.97 Å². The number of nitrogens with one attached hydrogen (secondary N) is 1. The third kappa shape index (κ3) is 5.22. The van der Waals surface area contributed by atoms with E-state index < -0.39 is 11.6 Å². The Hall–Kier alpha value is -2.08. The van der Waals surface area contributed by atoms with Gasteiger partial charge in [0.2, 0.25) is 0 Å². The Morgan fingerprint density at radius 3 is 2.70 bits per heavy atom. The first-order chi connectivity index (χ1) is 13.0. The van der Waals surface area contributed by atoms with E-state index in [1.807, 2.05) is 6.92 Å². The summed E-state index contributed by atoms with van der Waals surface area (Å²) in [5.74, 6) is 0.256. The van der Waals surface area contributed by atoms with Crippen LogP contribution in [0.4, 0.5) is 5.69 Å². The lowest BCUT2D eigenvalue weighted by Crippen LogP contribution is -2.47. The minimum atomic E-state index is -0.820. The second-order valence-electron chi connectivity index (χ2n) is 7.13. The Morgan fingerprint density at radius 2 is 2.07 bits per heavy atom. The molecule has 0 saturated heterocycles. The summed E-state index contributed by atoms with van der Waals surface area (Å²) in [6, 6.07) is 5.04. The van der Waals surface area contributed by atoms with Crippen molar-refractivity contribution in [2.24, 2.45) is 5.92 Å². The van der Waals surface area contributed by atoms with E-state index in [1.54, 1.807) is 32.2 Å². The Labute approximate surface area is 161 Å². The summed E-state index contributed by atoms with van der Waals surface area (Å²) in [5, 5.41) is 2.92. The highest BCUT2D eigenvalue weighted by molar-refractivity contribution is 5.99. The van der Waals surface area contributed by atoms with Crippen LogP contribution < -0.4 is 10.1 Å². The first kappa shape index (κ1) is 21.2. The van der Waals surface area contributed by atoms with Gasteiger partial charge in [-0.25, -0.2) is 4.79 Å². The van der Waals surface area contributed by atoms with Gasteiger partial charge in [-0.05, 0) is 56.7 Å². The van der Waals surface area contributed by atoms with Crippen molar-refractivity contribution >= 4 is 17.6 Å². The van der Waals surface area contributed by atoms with E-state index in [0.29, 0.717) is 42.4 Å². The van der Waals surface area contributed by atoms with Gasteiger partial charge in [-0.3, -0.25) is 4.79 Å².